The third kappa shape index (κ3) is 4.43. The van der Waals surface area contributed by atoms with Crippen LogP contribution in [0.1, 0.15) is 58.8 Å². The molecule has 14 heavy (non-hydrogen) atoms. The van der Waals surface area contributed by atoms with Gasteiger partial charge in [0.05, 0.1) is 0 Å². The van der Waals surface area contributed by atoms with Crippen molar-refractivity contribution in [3.63, 3.8) is 0 Å². The van der Waals surface area contributed by atoms with E-state index in [1.807, 2.05) is 0 Å². The van der Waals surface area contributed by atoms with Crippen molar-refractivity contribution in [1.29, 1.82) is 0 Å². The van der Waals surface area contributed by atoms with Crippen LogP contribution in [0.4, 0.5) is 0 Å². The van der Waals surface area contributed by atoms with Crippen LogP contribution in [0.3, 0.4) is 0 Å². The van der Waals surface area contributed by atoms with Gasteiger partial charge in [-0.1, -0.05) is 33.1 Å². The molecule has 0 amide bonds. The van der Waals surface area contributed by atoms with Crippen molar-refractivity contribution in [2.45, 2.75) is 64.8 Å². The molecule has 0 radical (unpaired) electrons. The van der Waals surface area contributed by atoms with Gasteiger partial charge < -0.3 is 0 Å². The SMILES string of the molecule is CC(C)CCCN(N)C1CCCCC1. The smallest absolute Gasteiger partial charge is 0.0241 e. The molecule has 1 saturated carbocycles. The second-order valence-corrected chi connectivity index (χ2v) is 5.07. The number of hydrogen-bond donors (Lipinski definition) is 1. The molecule has 0 aromatic rings. The first-order chi connectivity index (χ1) is 6.70. The van der Waals surface area contributed by atoms with E-state index in [4.69, 9.17) is 5.84 Å². The van der Waals surface area contributed by atoms with Crippen LogP contribution in [0.15, 0.2) is 0 Å². The summed E-state index contributed by atoms with van der Waals surface area (Å²) in [6.07, 6.45) is 9.36. The van der Waals surface area contributed by atoms with Gasteiger partial charge >= 0.3 is 0 Å². The van der Waals surface area contributed by atoms with E-state index in [9.17, 15) is 0 Å². The molecule has 2 heteroatoms. The standard InChI is InChI=1S/C12H26N2/c1-11(2)7-6-10-14(13)12-8-4-3-5-9-12/h11-12H,3-10,13H2,1-2H3. The lowest BCUT2D eigenvalue weighted by Crippen LogP contribution is -2.42. The summed E-state index contributed by atoms with van der Waals surface area (Å²) in [5.74, 6) is 6.88. The third-order valence-corrected chi connectivity index (χ3v) is 3.24. The molecule has 1 aliphatic carbocycles. The predicted octanol–water partition coefficient (Wildman–Crippen LogP) is 2.93. The summed E-state index contributed by atoms with van der Waals surface area (Å²) in [4.78, 5) is 0. The van der Waals surface area contributed by atoms with Crippen LogP contribution in [0, 0.1) is 5.92 Å². The Bertz CT molecular complexity index is 139. The zero-order chi connectivity index (χ0) is 10.4. The summed E-state index contributed by atoms with van der Waals surface area (Å²) >= 11 is 0. The van der Waals surface area contributed by atoms with Crippen LogP contribution in [0.5, 0.6) is 0 Å². The minimum atomic E-state index is 0.677. The van der Waals surface area contributed by atoms with Gasteiger partial charge in [-0.25, -0.2) is 5.01 Å². The fraction of sp³-hybridized carbons (Fsp3) is 1.00. The molecule has 2 N–H and O–H groups in total. The van der Waals surface area contributed by atoms with Crippen molar-refractivity contribution >= 4 is 0 Å². The highest BCUT2D eigenvalue weighted by atomic mass is 15.4. The van der Waals surface area contributed by atoms with Crippen LogP contribution < -0.4 is 5.84 Å². The van der Waals surface area contributed by atoms with Gasteiger partial charge in [-0.15, -0.1) is 0 Å². The molecule has 0 aromatic carbocycles. The molecule has 0 heterocycles. The first-order valence-electron chi connectivity index (χ1n) is 6.21. The Kier molecular flexibility index (Phi) is 5.49. The second kappa shape index (κ2) is 6.41. The topological polar surface area (TPSA) is 29.3 Å². The van der Waals surface area contributed by atoms with E-state index in [1.165, 1.54) is 44.9 Å². The molecular weight excluding hydrogens is 172 g/mol. The van der Waals surface area contributed by atoms with Gasteiger partial charge in [0.1, 0.15) is 0 Å². The lowest BCUT2D eigenvalue weighted by atomic mass is 9.95. The molecule has 0 unspecified atom stereocenters. The molecule has 0 spiro atoms. The number of nitrogens with two attached hydrogens (primary N) is 1. The first kappa shape index (κ1) is 12.0. The molecule has 0 aromatic heterocycles. The van der Waals surface area contributed by atoms with E-state index in [-0.39, 0.29) is 0 Å². The molecule has 1 rings (SSSR count). The summed E-state index contributed by atoms with van der Waals surface area (Å²) in [5, 5.41) is 2.10. The minimum Gasteiger partial charge on any atom is -0.269 e. The highest BCUT2D eigenvalue weighted by Crippen LogP contribution is 2.21. The van der Waals surface area contributed by atoms with Gasteiger partial charge in [0.15, 0.2) is 0 Å². The Morgan fingerprint density at radius 3 is 2.43 bits per heavy atom. The Morgan fingerprint density at radius 1 is 1.21 bits per heavy atom. The van der Waals surface area contributed by atoms with E-state index in [0.29, 0.717) is 6.04 Å². The van der Waals surface area contributed by atoms with Crippen LogP contribution in [-0.4, -0.2) is 17.6 Å². The molecule has 0 atom stereocenters. The van der Waals surface area contributed by atoms with Crippen molar-refractivity contribution in [2.75, 3.05) is 6.54 Å². The summed E-state index contributed by atoms with van der Waals surface area (Å²) in [5.41, 5.74) is 0. The van der Waals surface area contributed by atoms with Gasteiger partial charge in [-0.05, 0) is 31.6 Å². The zero-order valence-electron chi connectivity index (χ0n) is 9.84. The van der Waals surface area contributed by atoms with E-state index in [1.54, 1.807) is 0 Å². The normalized spacial score (nSPS) is 19.5. The number of rotatable bonds is 5. The molecule has 0 aliphatic heterocycles. The Morgan fingerprint density at radius 2 is 1.86 bits per heavy atom. The van der Waals surface area contributed by atoms with Crippen LogP contribution in [-0.2, 0) is 0 Å². The van der Waals surface area contributed by atoms with E-state index in [2.05, 4.69) is 18.9 Å². The fourth-order valence-corrected chi connectivity index (χ4v) is 2.28. The van der Waals surface area contributed by atoms with Gasteiger partial charge in [0, 0.05) is 12.6 Å². The third-order valence-electron chi connectivity index (χ3n) is 3.24. The monoisotopic (exact) mass is 198 g/mol. The summed E-state index contributed by atoms with van der Waals surface area (Å²) < 4.78 is 0. The maximum atomic E-state index is 6.07. The maximum absolute atomic E-state index is 6.07. The number of hydrazine groups is 1. The summed E-state index contributed by atoms with van der Waals surface area (Å²) in [7, 11) is 0. The quantitative estimate of drug-likeness (QED) is 0.543. The second-order valence-electron chi connectivity index (χ2n) is 5.07. The minimum absolute atomic E-state index is 0.677. The Hall–Kier alpha value is -0.0800. The molecule has 2 nitrogen and oxygen atoms in total. The van der Waals surface area contributed by atoms with Gasteiger partial charge in [-0.2, -0.15) is 0 Å². The molecule has 84 valence electrons. The van der Waals surface area contributed by atoms with Gasteiger partial charge in [0.25, 0.3) is 0 Å². The Labute approximate surface area is 88.8 Å². The van der Waals surface area contributed by atoms with Crippen molar-refractivity contribution in [1.82, 2.24) is 5.01 Å². The van der Waals surface area contributed by atoms with Crippen molar-refractivity contribution in [2.24, 2.45) is 11.8 Å². The van der Waals surface area contributed by atoms with E-state index in [0.717, 1.165) is 12.5 Å². The molecule has 1 aliphatic rings. The van der Waals surface area contributed by atoms with Gasteiger partial charge in [0.2, 0.25) is 0 Å². The van der Waals surface area contributed by atoms with E-state index >= 15 is 0 Å². The molecule has 1 fully saturated rings. The van der Waals surface area contributed by atoms with Crippen molar-refractivity contribution in [3.05, 3.63) is 0 Å². The average molecular weight is 198 g/mol. The van der Waals surface area contributed by atoms with Crippen LogP contribution >= 0.6 is 0 Å². The zero-order valence-corrected chi connectivity index (χ0v) is 9.84. The van der Waals surface area contributed by atoms with Gasteiger partial charge in [-0.3, -0.25) is 5.84 Å². The maximum Gasteiger partial charge on any atom is 0.0241 e. The molecule has 0 saturated heterocycles. The lowest BCUT2D eigenvalue weighted by molar-refractivity contribution is 0.154. The molecule has 0 bridgehead atoms. The van der Waals surface area contributed by atoms with Crippen LogP contribution in [0.2, 0.25) is 0 Å². The fourth-order valence-electron chi connectivity index (χ4n) is 2.28. The Balaban J connectivity index is 2.10. The average Bonchev–Trinajstić information content (AvgIpc) is 2.18. The lowest BCUT2D eigenvalue weighted by Gasteiger charge is -2.30. The number of nitrogens with zero attached hydrogens (tertiary/aromatic N) is 1. The highest BCUT2D eigenvalue weighted by molar-refractivity contribution is 4.72. The van der Waals surface area contributed by atoms with Crippen molar-refractivity contribution < 1.29 is 0 Å². The largest absolute Gasteiger partial charge is 0.269 e. The van der Waals surface area contributed by atoms with Crippen LogP contribution in [0.25, 0.3) is 0 Å². The van der Waals surface area contributed by atoms with E-state index < -0.39 is 0 Å². The summed E-state index contributed by atoms with van der Waals surface area (Å²) in [6.45, 7) is 5.64. The first-order valence-corrected chi connectivity index (χ1v) is 6.21. The highest BCUT2D eigenvalue weighted by Gasteiger charge is 2.17. The molecular formula is C12H26N2. The summed E-state index contributed by atoms with van der Waals surface area (Å²) in [6, 6.07) is 0.677. The van der Waals surface area contributed by atoms with Crippen molar-refractivity contribution in [3.8, 4) is 0 Å². The predicted molar refractivity (Wildman–Crippen MR) is 61.8 cm³/mol. The number of hydrogen-bond acceptors (Lipinski definition) is 2.